The Balaban J connectivity index is 1.77. The number of hydrogen-bond donors (Lipinski definition) is 1. The lowest BCUT2D eigenvalue weighted by Gasteiger charge is -2.14. The summed E-state index contributed by atoms with van der Waals surface area (Å²) in [6.45, 7) is 3.59. The molecule has 3 aromatic rings. The smallest absolute Gasteiger partial charge is 0.336 e. The molecule has 8 nitrogen and oxygen atoms in total. The van der Waals surface area contributed by atoms with Crippen LogP contribution in [0.3, 0.4) is 0 Å². The van der Waals surface area contributed by atoms with Gasteiger partial charge in [0.05, 0.1) is 6.20 Å². The summed E-state index contributed by atoms with van der Waals surface area (Å²) in [5.41, 5.74) is 0.935. The van der Waals surface area contributed by atoms with E-state index in [0.717, 1.165) is 17.4 Å². The molecule has 1 atom stereocenters. The van der Waals surface area contributed by atoms with Crippen LogP contribution >= 0.6 is 0 Å². The molecule has 0 spiro atoms. The van der Waals surface area contributed by atoms with Crippen LogP contribution in [0, 0.1) is 0 Å². The molecule has 1 N–H and O–H groups in total. The molecule has 25 heavy (non-hydrogen) atoms. The molecular weight excluding hydrogens is 324 g/mol. The van der Waals surface area contributed by atoms with Crippen molar-refractivity contribution in [3.63, 3.8) is 0 Å². The maximum atomic E-state index is 12.2. The molecule has 2 heterocycles. The van der Waals surface area contributed by atoms with Crippen molar-refractivity contribution in [3.05, 3.63) is 46.4 Å². The van der Waals surface area contributed by atoms with Gasteiger partial charge in [-0.2, -0.15) is 0 Å². The highest BCUT2D eigenvalue weighted by Gasteiger charge is 2.17. The van der Waals surface area contributed by atoms with E-state index in [-0.39, 0.29) is 5.91 Å². The molecule has 0 saturated heterocycles. The number of fused-ring (bicyclic) bond motifs is 1. The SMILES string of the molecule is CCc1cc(=O)oc2cc(OC(C)C(=O)Nc3cn(C)nn3)ccc12. The highest BCUT2D eigenvalue weighted by molar-refractivity contribution is 5.93. The van der Waals surface area contributed by atoms with Gasteiger partial charge in [0.1, 0.15) is 11.3 Å². The lowest BCUT2D eigenvalue weighted by atomic mass is 10.1. The van der Waals surface area contributed by atoms with Crippen LogP contribution in [0.15, 0.2) is 39.7 Å². The lowest BCUT2D eigenvalue weighted by molar-refractivity contribution is -0.122. The number of nitrogens with one attached hydrogen (secondary N) is 1. The monoisotopic (exact) mass is 342 g/mol. The number of hydrogen-bond acceptors (Lipinski definition) is 6. The number of ether oxygens (including phenoxy) is 1. The van der Waals surface area contributed by atoms with E-state index in [4.69, 9.17) is 9.15 Å². The molecule has 0 bridgehead atoms. The third-order valence-corrected chi connectivity index (χ3v) is 3.72. The lowest BCUT2D eigenvalue weighted by Crippen LogP contribution is -2.30. The number of aryl methyl sites for hydroxylation is 2. The number of nitrogens with zero attached hydrogens (tertiary/aromatic N) is 3. The molecular formula is C17H18N4O4. The van der Waals surface area contributed by atoms with Crippen LogP contribution in [0.25, 0.3) is 11.0 Å². The average molecular weight is 342 g/mol. The Bertz CT molecular complexity index is 976. The highest BCUT2D eigenvalue weighted by Crippen LogP contribution is 2.23. The van der Waals surface area contributed by atoms with Gasteiger partial charge in [0.2, 0.25) is 0 Å². The van der Waals surface area contributed by atoms with E-state index < -0.39 is 11.7 Å². The predicted molar refractivity (Wildman–Crippen MR) is 91.6 cm³/mol. The van der Waals surface area contributed by atoms with Gasteiger partial charge in [-0.25, -0.2) is 4.79 Å². The number of carbonyl (C=O) groups is 1. The van der Waals surface area contributed by atoms with Gasteiger partial charge in [-0.05, 0) is 31.0 Å². The zero-order valence-electron chi connectivity index (χ0n) is 14.1. The summed E-state index contributed by atoms with van der Waals surface area (Å²) in [4.78, 5) is 23.8. The molecule has 130 valence electrons. The summed E-state index contributed by atoms with van der Waals surface area (Å²) in [5.74, 6) is 0.426. The van der Waals surface area contributed by atoms with Crippen LogP contribution in [0.4, 0.5) is 5.82 Å². The van der Waals surface area contributed by atoms with Crippen LogP contribution < -0.4 is 15.7 Å². The van der Waals surface area contributed by atoms with Crippen LogP contribution in [-0.4, -0.2) is 27.0 Å². The van der Waals surface area contributed by atoms with Gasteiger partial charge >= 0.3 is 5.63 Å². The van der Waals surface area contributed by atoms with Gasteiger partial charge in [0, 0.05) is 24.6 Å². The van der Waals surface area contributed by atoms with Gasteiger partial charge in [-0.3, -0.25) is 9.48 Å². The summed E-state index contributed by atoms with van der Waals surface area (Å²) < 4.78 is 12.4. The van der Waals surface area contributed by atoms with Crippen molar-refractivity contribution in [1.29, 1.82) is 0 Å². The predicted octanol–water partition coefficient (Wildman–Crippen LogP) is 1.89. The standard InChI is InChI=1S/C17H18N4O4/c1-4-11-7-16(22)25-14-8-12(5-6-13(11)14)24-10(2)17(23)18-15-9-21(3)20-19-15/h5-10H,4H2,1-3H3,(H,18,23). The van der Waals surface area contributed by atoms with Gasteiger partial charge in [-0.1, -0.05) is 12.1 Å². The largest absolute Gasteiger partial charge is 0.481 e. The topological polar surface area (TPSA) is 99.2 Å². The van der Waals surface area contributed by atoms with Crippen molar-refractivity contribution in [3.8, 4) is 5.75 Å². The van der Waals surface area contributed by atoms with Crippen molar-refractivity contribution in [1.82, 2.24) is 15.0 Å². The Morgan fingerprint density at radius 1 is 1.40 bits per heavy atom. The van der Waals surface area contributed by atoms with Gasteiger partial charge in [0.15, 0.2) is 11.9 Å². The molecule has 0 saturated carbocycles. The minimum absolute atomic E-state index is 0.347. The minimum atomic E-state index is -0.763. The quantitative estimate of drug-likeness (QED) is 0.711. The second-order valence-electron chi connectivity index (χ2n) is 5.63. The fourth-order valence-corrected chi connectivity index (χ4v) is 2.47. The minimum Gasteiger partial charge on any atom is -0.481 e. The Labute approximate surface area is 143 Å². The summed E-state index contributed by atoms with van der Waals surface area (Å²) in [6.07, 6.45) is 1.54. The van der Waals surface area contributed by atoms with E-state index >= 15 is 0 Å². The van der Waals surface area contributed by atoms with Crippen molar-refractivity contribution in [2.75, 3.05) is 5.32 Å². The molecule has 0 aliphatic rings. The summed E-state index contributed by atoms with van der Waals surface area (Å²) >= 11 is 0. The van der Waals surface area contributed by atoms with Crippen molar-refractivity contribution < 1.29 is 13.9 Å². The fourth-order valence-electron chi connectivity index (χ4n) is 2.47. The van der Waals surface area contributed by atoms with E-state index in [1.165, 1.54) is 10.7 Å². The Morgan fingerprint density at radius 2 is 2.20 bits per heavy atom. The molecule has 1 aromatic carbocycles. The van der Waals surface area contributed by atoms with Crippen LogP contribution in [0.2, 0.25) is 0 Å². The molecule has 0 aliphatic heterocycles. The molecule has 1 unspecified atom stereocenters. The van der Waals surface area contributed by atoms with E-state index in [1.54, 1.807) is 32.3 Å². The van der Waals surface area contributed by atoms with Crippen LogP contribution in [0.1, 0.15) is 19.4 Å². The second-order valence-corrected chi connectivity index (χ2v) is 5.63. The normalized spacial score (nSPS) is 12.1. The number of rotatable bonds is 5. The third-order valence-electron chi connectivity index (χ3n) is 3.72. The first kappa shape index (κ1) is 16.7. The zero-order chi connectivity index (χ0) is 18.0. The fraction of sp³-hybridized carbons (Fsp3) is 0.294. The average Bonchev–Trinajstić information content (AvgIpc) is 2.98. The molecule has 1 amide bonds. The number of benzene rings is 1. The Kier molecular flexibility index (Phi) is 4.51. The number of amides is 1. The van der Waals surface area contributed by atoms with Gasteiger partial charge in [0.25, 0.3) is 5.91 Å². The number of aromatic nitrogens is 3. The van der Waals surface area contributed by atoms with E-state index in [2.05, 4.69) is 15.6 Å². The maximum Gasteiger partial charge on any atom is 0.336 e. The van der Waals surface area contributed by atoms with Crippen molar-refractivity contribution in [2.45, 2.75) is 26.4 Å². The third kappa shape index (κ3) is 3.68. The maximum absolute atomic E-state index is 12.2. The first-order valence-corrected chi connectivity index (χ1v) is 7.87. The van der Waals surface area contributed by atoms with Crippen molar-refractivity contribution >= 4 is 22.7 Å². The van der Waals surface area contributed by atoms with Crippen LogP contribution in [0.5, 0.6) is 5.75 Å². The van der Waals surface area contributed by atoms with Gasteiger partial charge < -0.3 is 14.5 Å². The first-order valence-electron chi connectivity index (χ1n) is 7.87. The van der Waals surface area contributed by atoms with Crippen LogP contribution in [-0.2, 0) is 18.3 Å². The molecule has 2 aromatic heterocycles. The zero-order valence-corrected chi connectivity index (χ0v) is 14.1. The highest BCUT2D eigenvalue weighted by atomic mass is 16.5. The van der Waals surface area contributed by atoms with Crippen molar-refractivity contribution in [2.24, 2.45) is 7.05 Å². The van der Waals surface area contributed by atoms with E-state index in [0.29, 0.717) is 17.2 Å². The summed E-state index contributed by atoms with van der Waals surface area (Å²) in [7, 11) is 1.70. The van der Waals surface area contributed by atoms with Gasteiger partial charge in [-0.15, -0.1) is 5.10 Å². The first-order chi connectivity index (χ1) is 12.0. The van der Waals surface area contributed by atoms with E-state index in [1.807, 2.05) is 13.0 Å². The molecule has 8 heteroatoms. The van der Waals surface area contributed by atoms with E-state index in [9.17, 15) is 9.59 Å². The molecule has 3 rings (SSSR count). The number of anilines is 1. The Morgan fingerprint density at radius 3 is 2.88 bits per heavy atom. The molecule has 0 radical (unpaired) electrons. The summed E-state index contributed by atoms with van der Waals surface area (Å²) in [6, 6.07) is 6.66. The Hall–Kier alpha value is -3.16. The number of carbonyl (C=O) groups excluding carboxylic acids is 1. The second kappa shape index (κ2) is 6.76. The summed E-state index contributed by atoms with van der Waals surface area (Å²) in [5, 5.41) is 11.0. The molecule has 0 aliphatic carbocycles. The molecule has 0 fully saturated rings.